The first-order valence-electron chi connectivity index (χ1n) is 6.89. The molecule has 1 aromatic rings. The van der Waals surface area contributed by atoms with Crippen LogP contribution in [0, 0.1) is 6.92 Å². The van der Waals surface area contributed by atoms with E-state index < -0.39 is 5.97 Å². The van der Waals surface area contributed by atoms with Crippen molar-refractivity contribution in [3.8, 4) is 0 Å². The number of hydrogen-bond acceptors (Lipinski definition) is 4. The fourth-order valence-corrected chi connectivity index (χ4v) is 2.36. The number of carbonyl (C=O) groups excluding carboxylic acids is 1. The van der Waals surface area contributed by atoms with E-state index in [9.17, 15) is 9.59 Å². The van der Waals surface area contributed by atoms with Crippen LogP contribution in [-0.2, 0) is 11.3 Å². The van der Waals surface area contributed by atoms with E-state index in [1.165, 1.54) is 12.5 Å². The average molecular weight is 280 g/mol. The van der Waals surface area contributed by atoms with Gasteiger partial charge in [-0.05, 0) is 32.3 Å². The minimum Gasteiger partial charge on any atom is -0.475 e. The second-order valence-corrected chi connectivity index (χ2v) is 5.04. The van der Waals surface area contributed by atoms with Gasteiger partial charge in [0.2, 0.25) is 11.7 Å². The molecule has 0 aliphatic carbocycles. The lowest BCUT2D eigenvalue weighted by atomic mass is 10.1. The highest BCUT2D eigenvalue weighted by molar-refractivity contribution is 5.84. The number of amides is 1. The van der Waals surface area contributed by atoms with Gasteiger partial charge in [-0.15, -0.1) is 0 Å². The van der Waals surface area contributed by atoms with Crippen molar-refractivity contribution in [2.24, 2.45) is 0 Å². The maximum absolute atomic E-state index is 11.9. The van der Waals surface area contributed by atoms with Gasteiger partial charge in [0.1, 0.15) is 5.76 Å². The van der Waals surface area contributed by atoms with Crippen molar-refractivity contribution in [2.75, 3.05) is 19.6 Å². The highest BCUT2D eigenvalue weighted by Crippen LogP contribution is 2.14. The Morgan fingerprint density at radius 2 is 2.05 bits per heavy atom. The fourth-order valence-electron chi connectivity index (χ4n) is 2.36. The van der Waals surface area contributed by atoms with E-state index in [-0.39, 0.29) is 18.2 Å². The first kappa shape index (κ1) is 14.6. The van der Waals surface area contributed by atoms with Crippen LogP contribution >= 0.6 is 0 Å². The maximum Gasteiger partial charge on any atom is 0.371 e. The van der Waals surface area contributed by atoms with E-state index in [0.717, 1.165) is 31.5 Å². The summed E-state index contributed by atoms with van der Waals surface area (Å²) in [5.74, 6) is -0.477. The molecule has 1 aliphatic rings. The molecule has 20 heavy (non-hydrogen) atoms. The summed E-state index contributed by atoms with van der Waals surface area (Å²) in [4.78, 5) is 24.6. The summed E-state index contributed by atoms with van der Waals surface area (Å²) in [5, 5.41) is 11.9. The third-order valence-electron chi connectivity index (χ3n) is 3.53. The Bertz CT molecular complexity index is 489. The molecule has 0 bridgehead atoms. The zero-order valence-corrected chi connectivity index (χ0v) is 11.6. The summed E-state index contributed by atoms with van der Waals surface area (Å²) in [6.45, 7) is 4.11. The zero-order chi connectivity index (χ0) is 14.5. The normalized spacial score (nSPS) is 15.3. The van der Waals surface area contributed by atoms with Gasteiger partial charge in [-0.1, -0.05) is 0 Å². The number of aryl methyl sites for hydroxylation is 1. The van der Waals surface area contributed by atoms with E-state index in [1.807, 2.05) is 4.90 Å². The topological polar surface area (TPSA) is 82.8 Å². The van der Waals surface area contributed by atoms with Gasteiger partial charge in [-0.2, -0.15) is 0 Å². The molecule has 2 N–H and O–H groups in total. The van der Waals surface area contributed by atoms with Gasteiger partial charge < -0.3 is 19.7 Å². The lowest BCUT2D eigenvalue weighted by molar-refractivity contribution is -0.131. The lowest BCUT2D eigenvalue weighted by Crippen LogP contribution is -2.40. The Balaban J connectivity index is 1.80. The molecule has 6 heteroatoms. The molecule has 1 fully saturated rings. The molecule has 0 saturated carbocycles. The average Bonchev–Trinajstić information content (AvgIpc) is 2.81. The molecule has 1 aromatic heterocycles. The number of furan rings is 1. The largest absolute Gasteiger partial charge is 0.475 e. The number of likely N-dealkylation sites (tertiary alicyclic amines) is 1. The molecule has 6 nitrogen and oxygen atoms in total. The van der Waals surface area contributed by atoms with Crippen molar-refractivity contribution in [3.63, 3.8) is 0 Å². The van der Waals surface area contributed by atoms with Crippen LogP contribution in [0.25, 0.3) is 0 Å². The predicted molar refractivity (Wildman–Crippen MR) is 72.5 cm³/mol. The Morgan fingerprint density at radius 1 is 1.35 bits per heavy atom. The van der Waals surface area contributed by atoms with Crippen LogP contribution in [0.4, 0.5) is 0 Å². The molecular formula is C14H20N2O4. The van der Waals surface area contributed by atoms with Crippen molar-refractivity contribution >= 4 is 11.9 Å². The van der Waals surface area contributed by atoms with E-state index in [2.05, 4.69) is 5.32 Å². The molecule has 0 radical (unpaired) electrons. The van der Waals surface area contributed by atoms with Gasteiger partial charge in [0.05, 0.1) is 6.54 Å². The number of hydrogen-bond donors (Lipinski definition) is 2. The Hall–Kier alpha value is -1.82. The van der Waals surface area contributed by atoms with Gasteiger partial charge in [0.25, 0.3) is 0 Å². The van der Waals surface area contributed by atoms with Crippen LogP contribution in [0.3, 0.4) is 0 Å². The van der Waals surface area contributed by atoms with Crippen LogP contribution in [0.1, 0.15) is 41.1 Å². The van der Waals surface area contributed by atoms with Crippen LogP contribution in [0.5, 0.6) is 0 Å². The first-order valence-corrected chi connectivity index (χ1v) is 6.89. The molecular weight excluding hydrogens is 260 g/mol. The molecule has 1 amide bonds. The van der Waals surface area contributed by atoms with Crippen LogP contribution in [-0.4, -0.2) is 41.5 Å². The molecule has 2 rings (SSSR count). The first-order chi connectivity index (χ1) is 9.58. The van der Waals surface area contributed by atoms with Gasteiger partial charge in [0, 0.05) is 25.2 Å². The van der Waals surface area contributed by atoms with E-state index in [4.69, 9.17) is 9.52 Å². The number of nitrogens with zero attached hydrogens (tertiary/aromatic N) is 1. The van der Waals surface area contributed by atoms with Crippen LogP contribution in [0.15, 0.2) is 10.5 Å². The summed E-state index contributed by atoms with van der Waals surface area (Å²) in [7, 11) is 0. The molecule has 0 unspecified atom stereocenters. The van der Waals surface area contributed by atoms with Crippen molar-refractivity contribution in [2.45, 2.75) is 32.7 Å². The molecule has 1 saturated heterocycles. The van der Waals surface area contributed by atoms with Gasteiger partial charge >= 0.3 is 5.97 Å². The van der Waals surface area contributed by atoms with Crippen molar-refractivity contribution in [3.05, 3.63) is 23.2 Å². The van der Waals surface area contributed by atoms with Crippen molar-refractivity contribution in [1.29, 1.82) is 0 Å². The number of piperidine rings is 1. The molecule has 1 aliphatic heterocycles. The number of carboxylic acid groups (broad SMARTS) is 1. The number of carbonyl (C=O) groups is 2. The molecule has 0 aromatic carbocycles. The standard InChI is InChI=1S/C14H20N2O4/c1-10-11(7-12(20-10)14(18)19)8-15-9-13(17)16-5-3-2-4-6-16/h7,15H,2-6,8-9H2,1H3,(H,18,19). The summed E-state index contributed by atoms with van der Waals surface area (Å²) in [6, 6.07) is 1.50. The zero-order valence-electron chi connectivity index (χ0n) is 11.6. The second kappa shape index (κ2) is 6.56. The Morgan fingerprint density at radius 3 is 2.65 bits per heavy atom. The summed E-state index contributed by atoms with van der Waals surface area (Å²) >= 11 is 0. The predicted octanol–water partition coefficient (Wildman–Crippen LogP) is 1.39. The van der Waals surface area contributed by atoms with Gasteiger partial charge in [-0.25, -0.2) is 4.79 Å². The van der Waals surface area contributed by atoms with Crippen molar-refractivity contribution < 1.29 is 19.1 Å². The number of carboxylic acids is 1. The minimum atomic E-state index is -1.08. The lowest BCUT2D eigenvalue weighted by Gasteiger charge is -2.26. The van der Waals surface area contributed by atoms with Crippen LogP contribution in [0.2, 0.25) is 0 Å². The quantitative estimate of drug-likeness (QED) is 0.851. The second-order valence-electron chi connectivity index (χ2n) is 5.04. The maximum atomic E-state index is 11.9. The number of aromatic carboxylic acids is 1. The highest BCUT2D eigenvalue weighted by atomic mass is 16.4. The summed E-state index contributed by atoms with van der Waals surface area (Å²) < 4.78 is 5.12. The molecule has 110 valence electrons. The summed E-state index contributed by atoms with van der Waals surface area (Å²) in [5.41, 5.74) is 0.772. The SMILES string of the molecule is Cc1oc(C(=O)O)cc1CNCC(=O)N1CCCCC1. The van der Waals surface area contributed by atoms with Gasteiger partial charge in [-0.3, -0.25) is 4.79 Å². The van der Waals surface area contributed by atoms with Crippen molar-refractivity contribution in [1.82, 2.24) is 10.2 Å². The molecule has 2 heterocycles. The Labute approximate surface area is 117 Å². The Kier molecular flexibility index (Phi) is 4.79. The van der Waals surface area contributed by atoms with Crippen LogP contribution < -0.4 is 5.32 Å². The van der Waals surface area contributed by atoms with Gasteiger partial charge in [0.15, 0.2) is 0 Å². The highest BCUT2D eigenvalue weighted by Gasteiger charge is 2.17. The smallest absolute Gasteiger partial charge is 0.371 e. The monoisotopic (exact) mass is 280 g/mol. The minimum absolute atomic E-state index is 0.0679. The summed E-state index contributed by atoms with van der Waals surface area (Å²) in [6.07, 6.45) is 3.35. The number of nitrogens with one attached hydrogen (secondary N) is 1. The molecule has 0 spiro atoms. The van der Waals surface area contributed by atoms with E-state index >= 15 is 0 Å². The molecule has 0 atom stereocenters. The number of rotatable bonds is 5. The third kappa shape index (κ3) is 3.60. The van der Waals surface area contributed by atoms with E-state index in [1.54, 1.807) is 6.92 Å². The fraction of sp³-hybridized carbons (Fsp3) is 0.571. The van der Waals surface area contributed by atoms with E-state index in [0.29, 0.717) is 12.3 Å². The third-order valence-corrected chi connectivity index (χ3v) is 3.53.